The van der Waals surface area contributed by atoms with Gasteiger partial charge < -0.3 is 6.92 Å². The number of rotatable bonds is 6. The van der Waals surface area contributed by atoms with Crippen LogP contribution in [0.2, 0.25) is 0 Å². The van der Waals surface area contributed by atoms with Crippen molar-refractivity contribution in [3.8, 4) is 0 Å². The van der Waals surface area contributed by atoms with Crippen molar-refractivity contribution in [2.24, 2.45) is 5.92 Å². The summed E-state index contributed by atoms with van der Waals surface area (Å²) in [4.78, 5) is 0. The molecule has 12 heavy (non-hydrogen) atoms. The number of unbranched alkanes of at least 4 members (excludes halogenated alkanes) is 4. The Morgan fingerprint density at radius 3 is 2.08 bits per heavy atom. The molecule has 0 amide bonds. The molecular weight excluding hydrogens is 265 g/mol. The van der Waals surface area contributed by atoms with E-state index in [2.05, 4.69) is 34.4 Å². The molecule has 0 aliphatic rings. The van der Waals surface area contributed by atoms with Crippen LogP contribution >= 0.6 is 13.6 Å². The zero-order valence-corrected chi connectivity index (χ0v) is 13.2. The summed E-state index contributed by atoms with van der Waals surface area (Å²) in [5, 5.41) is 0. The van der Waals surface area contributed by atoms with Crippen LogP contribution < -0.4 is 0 Å². The fourth-order valence-corrected chi connectivity index (χ4v) is 1.10. The van der Waals surface area contributed by atoms with Crippen molar-refractivity contribution < 1.29 is 16.3 Å². The van der Waals surface area contributed by atoms with Crippen LogP contribution in [0.3, 0.4) is 0 Å². The molecule has 0 nitrogen and oxygen atoms in total. The van der Waals surface area contributed by atoms with Gasteiger partial charge in [0.1, 0.15) is 0 Å². The molecule has 1 unspecified atom stereocenters. The molecule has 0 saturated carbocycles. The van der Waals surface area contributed by atoms with Gasteiger partial charge >= 0.3 is 30.0 Å². The molecule has 0 bridgehead atoms. The van der Waals surface area contributed by atoms with Gasteiger partial charge in [0.2, 0.25) is 0 Å². The third kappa shape index (κ3) is 17.3. The van der Waals surface area contributed by atoms with Crippen molar-refractivity contribution >= 4 is 13.6 Å². The van der Waals surface area contributed by atoms with E-state index in [9.17, 15) is 0 Å². The van der Waals surface area contributed by atoms with E-state index in [1.165, 1.54) is 54.9 Å². The van der Waals surface area contributed by atoms with E-state index in [1.807, 2.05) is 0 Å². The first kappa shape index (κ1) is 15.6. The second-order valence-electron chi connectivity index (χ2n) is 3.31. The van der Waals surface area contributed by atoms with E-state index < -0.39 is 0 Å². The van der Waals surface area contributed by atoms with Gasteiger partial charge in [-0.15, -0.1) is 0 Å². The van der Waals surface area contributed by atoms with Crippen molar-refractivity contribution in [2.45, 2.75) is 52.4 Å². The summed E-state index contributed by atoms with van der Waals surface area (Å²) in [6, 6.07) is 0. The monoisotopic (exact) mass is 284 g/mol. The molecule has 0 saturated heterocycles. The first-order valence-corrected chi connectivity index (χ1v) is 11.8. The summed E-state index contributed by atoms with van der Waals surface area (Å²) < 4.78 is 0. The molecule has 0 radical (unpaired) electrons. The van der Waals surface area contributed by atoms with Gasteiger partial charge in [0.15, 0.2) is 0 Å². The van der Waals surface area contributed by atoms with Crippen LogP contribution in [0.5, 0.6) is 0 Å². The van der Waals surface area contributed by atoms with E-state index in [0.717, 1.165) is 0 Å². The molecule has 0 heterocycles. The molecular formula is C10H21BrZn. The number of halogens is 1. The average molecular weight is 287 g/mol. The standard InChI is InChI=1S/C10H21.BrH.Zn/c1-4-5-6-7-8-9-10(2)3;;/h10H,2,4-9H2,1,3H3;1H;/q-1;;+2/p-1. The van der Waals surface area contributed by atoms with Gasteiger partial charge in [-0.3, -0.25) is 0 Å². The van der Waals surface area contributed by atoms with Gasteiger partial charge in [-0.25, -0.2) is 0 Å². The third-order valence-corrected chi connectivity index (χ3v) is 1.80. The second kappa shape index (κ2) is 14.6. The third-order valence-electron chi connectivity index (χ3n) is 1.80. The van der Waals surface area contributed by atoms with Crippen LogP contribution in [0.25, 0.3) is 0 Å². The van der Waals surface area contributed by atoms with Gasteiger partial charge in [-0.2, -0.15) is 5.92 Å². The summed E-state index contributed by atoms with van der Waals surface area (Å²) in [5.41, 5.74) is 0. The van der Waals surface area contributed by atoms with Gasteiger partial charge in [-0.1, -0.05) is 52.4 Å². The van der Waals surface area contributed by atoms with Crippen LogP contribution in [0.1, 0.15) is 52.4 Å². The van der Waals surface area contributed by atoms with Crippen molar-refractivity contribution in [1.29, 1.82) is 0 Å². The Balaban J connectivity index is 0. The Bertz CT molecular complexity index is 64.9. The minimum absolute atomic E-state index is 0.654. The average Bonchev–Trinajstić information content (AvgIpc) is 2.07. The van der Waals surface area contributed by atoms with Crippen LogP contribution in [-0.2, 0) is 16.3 Å². The fourth-order valence-electron chi connectivity index (χ4n) is 1.10. The molecule has 0 aromatic rings. The molecule has 1 atom stereocenters. The summed E-state index contributed by atoms with van der Waals surface area (Å²) >= 11 is 4.25. The van der Waals surface area contributed by atoms with Gasteiger partial charge in [0, 0.05) is 0 Å². The van der Waals surface area contributed by atoms with Gasteiger partial charge in [-0.05, 0) is 0 Å². The molecule has 0 rings (SSSR count). The minimum atomic E-state index is 0.654. The van der Waals surface area contributed by atoms with Crippen molar-refractivity contribution in [2.75, 3.05) is 0 Å². The van der Waals surface area contributed by atoms with E-state index in [4.69, 9.17) is 0 Å². The Kier molecular flexibility index (Phi) is 19.0. The van der Waals surface area contributed by atoms with E-state index >= 15 is 0 Å². The SMILES string of the molecule is [CH2-]C(C)CCCCCCC.[Zn+][Br]. The van der Waals surface area contributed by atoms with Gasteiger partial charge in [0.25, 0.3) is 0 Å². The quantitative estimate of drug-likeness (QED) is 0.378. The Morgan fingerprint density at radius 1 is 1.17 bits per heavy atom. The van der Waals surface area contributed by atoms with Crippen LogP contribution in [0.4, 0.5) is 0 Å². The molecule has 0 fully saturated rings. The zero-order chi connectivity index (χ0) is 9.82. The fraction of sp³-hybridized carbons (Fsp3) is 0.900. The maximum atomic E-state index is 3.96. The summed E-state index contributed by atoms with van der Waals surface area (Å²) in [6.07, 6.45) is 8.27. The molecule has 0 aromatic heterocycles. The summed E-state index contributed by atoms with van der Waals surface area (Å²) in [7, 11) is 0. The molecule has 0 aliphatic carbocycles. The predicted molar refractivity (Wildman–Crippen MR) is 56.8 cm³/mol. The summed E-state index contributed by atoms with van der Waals surface area (Å²) in [5.74, 6) is 0.654. The van der Waals surface area contributed by atoms with Crippen molar-refractivity contribution in [3.63, 3.8) is 0 Å². The molecule has 2 heteroatoms. The number of hydrogen-bond acceptors (Lipinski definition) is 0. The Morgan fingerprint density at radius 2 is 1.67 bits per heavy atom. The van der Waals surface area contributed by atoms with Crippen molar-refractivity contribution in [1.82, 2.24) is 0 Å². The second-order valence-corrected chi connectivity index (χ2v) is 3.31. The molecule has 0 aromatic carbocycles. The molecule has 70 valence electrons. The molecule has 0 aliphatic heterocycles. The number of hydrogen-bond donors (Lipinski definition) is 0. The van der Waals surface area contributed by atoms with Crippen LogP contribution in [0.15, 0.2) is 0 Å². The van der Waals surface area contributed by atoms with E-state index in [0.29, 0.717) is 5.92 Å². The van der Waals surface area contributed by atoms with Crippen LogP contribution in [-0.4, -0.2) is 0 Å². The Hall–Kier alpha value is 1.10. The maximum absolute atomic E-state index is 3.96. The van der Waals surface area contributed by atoms with Gasteiger partial charge in [0.05, 0.1) is 0 Å². The van der Waals surface area contributed by atoms with E-state index in [-0.39, 0.29) is 0 Å². The molecule has 0 spiro atoms. The normalized spacial score (nSPS) is 11.8. The summed E-state index contributed by atoms with van der Waals surface area (Å²) in [6.45, 7) is 8.40. The topological polar surface area (TPSA) is 0 Å². The predicted octanol–water partition coefficient (Wildman–Crippen LogP) is 4.66. The first-order chi connectivity index (χ1) is 5.77. The zero-order valence-electron chi connectivity index (χ0n) is 8.61. The van der Waals surface area contributed by atoms with Crippen molar-refractivity contribution in [3.05, 3.63) is 6.92 Å². The Labute approximate surface area is 94.9 Å². The van der Waals surface area contributed by atoms with Crippen LogP contribution in [0, 0.1) is 12.8 Å². The molecule has 0 N–H and O–H groups in total. The van der Waals surface area contributed by atoms with E-state index in [1.54, 1.807) is 0 Å². The first-order valence-electron chi connectivity index (χ1n) is 4.87.